The number of nitriles is 1. The first-order valence-electron chi connectivity index (χ1n) is 5.96. The first-order chi connectivity index (χ1) is 7.85. The minimum atomic E-state index is 0.562. The van der Waals surface area contributed by atoms with Gasteiger partial charge in [0.2, 0.25) is 0 Å². The fraction of sp³-hybridized carbons (Fsp3) is 0.538. The third kappa shape index (κ3) is 2.16. The molecule has 16 heavy (non-hydrogen) atoms. The summed E-state index contributed by atoms with van der Waals surface area (Å²) in [4.78, 5) is 6.86. The van der Waals surface area contributed by atoms with Crippen molar-refractivity contribution in [3.8, 4) is 6.07 Å². The van der Waals surface area contributed by atoms with Crippen LogP contribution in [0.1, 0.15) is 31.0 Å². The molecule has 0 atom stereocenters. The highest BCUT2D eigenvalue weighted by Gasteiger charge is 2.14. The first-order valence-corrected chi connectivity index (χ1v) is 5.96. The summed E-state index contributed by atoms with van der Waals surface area (Å²) >= 11 is 0. The predicted molar refractivity (Wildman–Crippen MR) is 64.4 cm³/mol. The molecule has 3 heteroatoms. The average Bonchev–Trinajstić information content (AvgIpc) is 2.77. The summed E-state index contributed by atoms with van der Waals surface area (Å²) in [6.45, 7) is 3.79. The number of rotatable bonds is 4. The minimum absolute atomic E-state index is 0.562. The van der Waals surface area contributed by atoms with E-state index in [4.69, 9.17) is 10.2 Å². The zero-order chi connectivity index (χ0) is 11.4. The summed E-state index contributed by atoms with van der Waals surface area (Å²) in [5.74, 6) is 1.03. The molecule has 1 aromatic heterocycles. The molecule has 0 amide bonds. The number of pyridine rings is 1. The molecule has 3 nitrogen and oxygen atoms in total. The van der Waals surface area contributed by atoms with Gasteiger partial charge >= 0.3 is 0 Å². The van der Waals surface area contributed by atoms with Gasteiger partial charge in [0.05, 0.1) is 12.5 Å². The number of nitrogens with zero attached hydrogens (tertiary/aromatic N) is 3. The number of hydrogen-bond donors (Lipinski definition) is 0. The SMILES string of the molecule is CCN(CCC#N)c1ccc2c(n1)CCC2. The van der Waals surface area contributed by atoms with E-state index in [0.29, 0.717) is 6.42 Å². The molecule has 1 heterocycles. The van der Waals surface area contributed by atoms with Crippen molar-refractivity contribution in [1.82, 2.24) is 4.98 Å². The van der Waals surface area contributed by atoms with Gasteiger partial charge in [0, 0.05) is 18.8 Å². The van der Waals surface area contributed by atoms with Crippen LogP contribution in [0.4, 0.5) is 5.82 Å². The Kier molecular flexibility index (Phi) is 3.40. The van der Waals surface area contributed by atoms with E-state index in [9.17, 15) is 0 Å². The van der Waals surface area contributed by atoms with Gasteiger partial charge in [0.15, 0.2) is 0 Å². The van der Waals surface area contributed by atoms with Gasteiger partial charge in [-0.2, -0.15) is 5.26 Å². The molecule has 0 unspecified atom stereocenters. The molecule has 1 aromatic rings. The van der Waals surface area contributed by atoms with E-state index in [1.54, 1.807) is 0 Å². The molecule has 0 aromatic carbocycles. The summed E-state index contributed by atoms with van der Waals surface area (Å²) in [5.41, 5.74) is 2.66. The fourth-order valence-electron chi connectivity index (χ4n) is 2.20. The highest BCUT2D eigenvalue weighted by Crippen LogP contribution is 2.23. The van der Waals surface area contributed by atoms with Crippen LogP contribution in [0.3, 0.4) is 0 Å². The van der Waals surface area contributed by atoms with Gasteiger partial charge < -0.3 is 4.90 Å². The molecule has 0 radical (unpaired) electrons. The quantitative estimate of drug-likeness (QED) is 0.773. The highest BCUT2D eigenvalue weighted by atomic mass is 15.2. The molecule has 0 fully saturated rings. The van der Waals surface area contributed by atoms with Crippen molar-refractivity contribution in [2.75, 3.05) is 18.0 Å². The Hall–Kier alpha value is -1.56. The maximum absolute atomic E-state index is 8.62. The van der Waals surface area contributed by atoms with Crippen LogP contribution in [0.5, 0.6) is 0 Å². The molecule has 0 spiro atoms. The monoisotopic (exact) mass is 215 g/mol. The Morgan fingerprint density at radius 1 is 1.44 bits per heavy atom. The maximum Gasteiger partial charge on any atom is 0.128 e. The van der Waals surface area contributed by atoms with Crippen LogP contribution < -0.4 is 4.90 Å². The van der Waals surface area contributed by atoms with Crippen LogP contribution in [0.25, 0.3) is 0 Å². The standard InChI is InChI=1S/C13H17N3/c1-2-16(10-4-9-14)13-8-7-11-5-3-6-12(11)15-13/h7-8H,2-6,10H2,1H3. The summed E-state index contributed by atoms with van der Waals surface area (Å²) in [5, 5.41) is 8.62. The van der Waals surface area contributed by atoms with E-state index >= 15 is 0 Å². The summed E-state index contributed by atoms with van der Waals surface area (Å²) < 4.78 is 0. The van der Waals surface area contributed by atoms with E-state index in [2.05, 4.69) is 30.0 Å². The first kappa shape index (κ1) is 10.9. The lowest BCUT2D eigenvalue weighted by atomic mass is 10.2. The Labute approximate surface area is 96.7 Å². The van der Waals surface area contributed by atoms with E-state index in [1.807, 2.05) is 0 Å². The van der Waals surface area contributed by atoms with Crippen molar-refractivity contribution in [3.05, 3.63) is 23.4 Å². The van der Waals surface area contributed by atoms with Gasteiger partial charge in [-0.05, 0) is 37.8 Å². The second kappa shape index (κ2) is 4.98. The number of aromatic nitrogens is 1. The second-order valence-electron chi connectivity index (χ2n) is 4.12. The molecule has 84 valence electrons. The van der Waals surface area contributed by atoms with E-state index in [-0.39, 0.29) is 0 Å². The van der Waals surface area contributed by atoms with Crippen LogP contribution in [-0.4, -0.2) is 18.1 Å². The molecule has 0 N–H and O–H groups in total. The van der Waals surface area contributed by atoms with Crippen molar-refractivity contribution < 1.29 is 0 Å². The Balaban J connectivity index is 2.16. The largest absolute Gasteiger partial charge is 0.356 e. The van der Waals surface area contributed by atoms with Crippen molar-refractivity contribution >= 4 is 5.82 Å². The average molecular weight is 215 g/mol. The highest BCUT2D eigenvalue weighted by molar-refractivity contribution is 5.43. The van der Waals surface area contributed by atoms with Crippen LogP contribution in [-0.2, 0) is 12.8 Å². The third-order valence-corrected chi connectivity index (χ3v) is 3.11. The molecular formula is C13H17N3. The number of fused-ring (bicyclic) bond motifs is 1. The lowest BCUT2D eigenvalue weighted by Gasteiger charge is -2.21. The number of anilines is 1. The van der Waals surface area contributed by atoms with Crippen LogP contribution in [0.15, 0.2) is 12.1 Å². The maximum atomic E-state index is 8.62. The molecule has 2 rings (SSSR count). The predicted octanol–water partition coefficient (Wildman–Crippen LogP) is 2.31. The van der Waals surface area contributed by atoms with Crippen molar-refractivity contribution in [2.24, 2.45) is 0 Å². The van der Waals surface area contributed by atoms with Crippen LogP contribution >= 0.6 is 0 Å². The van der Waals surface area contributed by atoms with Crippen molar-refractivity contribution in [2.45, 2.75) is 32.6 Å². The minimum Gasteiger partial charge on any atom is -0.356 e. The van der Waals surface area contributed by atoms with E-state index in [1.165, 1.54) is 24.1 Å². The molecule has 0 saturated carbocycles. The van der Waals surface area contributed by atoms with E-state index < -0.39 is 0 Å². The third-order valence-electron chi connectivity index (χ3n) is 3.11. The van der Waals surface area contributed by atoms with Gasteiger partial charge in [-0.15, -0.1) is 0 Å². The molecule has 0 bridgehead atoms. The molecule has 1 aliphatic carbocycles. The van der Waals surface area contributed by atoms with Crippen LogP contribution in [0.2, 0.25) is 0 Å². The molecule has 0 saturated heterocycles. The molecule has 0 aliphatic heterocycles. The summed E-state index contributed by atoms with van der Waals surface area (Å²) in [7, 11) is 0. The Bertz CT molecular complexity index is 406. The number of aryl methyl sites for hydroxylation is 2. The number of hydrogen-bond acceptors (Lipinski definition) is 3. The van der Waals surface area contributed by atoms with E-state index in [0.717, 1.165) is 25.3 Å². The fourth-order valence-corrected chi connectivity index (χ4v) is 2.20. The lowest BCUT2D eigenvalue weighted by Crippen LogP contribution is -2.24. The van der Waals surface area contributed by atoms with Gasteiger partial charge in [-0.25, -0.2) is 4.98 Å². The molecule has 1 aliphatic rings. The normalized spacial score (nSPS) is 13.2. The van der Waals surface area contributed by atoms with Crippen molar-refractivity contribution in [3.63, 3.8) is 0 Å². The van der Waals surface area contributed by atoms with Gasteiger partial charge in [0.1, 0.15) is 5.82 Å². The van der Waals surface area contributed by atoms with Gasteiger partial charge in [-0.3, -0.25) is 0 Å². The zero-order valence-corrected chi connectivity index (χ0v) is 9.74. The van der Waals surface area contributed by atoms with Gasteiger partial charge in [0.25, 0.3) is 0 Å². The Morgan fingerprint density at radius 2 is 2.31 bits per heavy atom. The topological polar surface area (TPSA) is 39.9 Å². The molecular weight excluding hydrogens is 198 g/mol. The van der Waals surface area contributed by atoms with Gasteiger partial charge in [-0.1, -0.05) is 6.07 Å². The van der Waals surface area contributed by atoms with Crippen LogP contribution in [0, 0.1) is 11.3 Å². The zero-order valence-electron chi connectivity index (χ0n) is 9.74. The Morgan fingerprint density at radius 3 is 3.06 bits per heavy atom. The second-order valence-corrected chi connectivity index (χ2v) is 4.12. The smallest absolute Gasteiger partial charge is 0.128 e. The summed E-state index contributed by atoms with van der Waals surface area (Å²) in [6.07, 6.45) is 4.08. The summed E-state index contributed by atoms with van der Waals surface area (Å²) in [6, 6.07) is 6.47. The van der Waals surface area contributed by atoms with Crippen molar-refractivity contribution in [1.29, 1.82) is 5.26 Å². The lowest BCUT2D eigenvalue weighted by molar-refractivity contribution is 0.804.